The van der Waals surface area contributed by atoms with E-state index in [-0.39, 0.29) is 9.13 Å². The first-order valence-corrected chi connectivity index (χ1v) is 4.96. The van der Waals surface area contributed by atoms with E-state index in [4.69, 9.17) is 5.26 Å². The number of halogens is 4. The van der Waals surface area contributed by atoms with Gasteiger partial charge in [-0.15, -0.1) is 13.2 Å². The molecule has 0 saturated carbocycles. The molecule has 16 heavy (non-hydrogen) atoms. The predicted molar refractivity (Wildman–Crippen MR) is 55.8 cm³/mol. The molecule has 8 heteroatoms. The predicted octanol–water partition coefficient (Wildman–Crippen LogP) is 1.94. The monoisotopic (exact) mass is 344 g/mol. The number of aromatic amines is 1. The third-order valence-electron chi connectivity index (χ3n) is 1.57. The topological polar surface area (TPSA) is 65.9 Å². The van der Waals surface area contributed by atoms with E-state index in [1.165, 1.54) is 0 Å². The molecule has 0 amide bonds. The summed E-state index contributed by atoms with van der Waals surface area (Å²) in [6.07, 6.45) is -4.26. The summed E-state index contributed by atoms with van der Waals surface area (Å²) >= 11 is 1.65. The number of nitrogens with one attached hydrogen (secondary N) is 1. The molecular weight excluding hydrogens is 340 g/mol. The fourth-order valence-corrected chi connectivity index (χ4v) is 1.46. The second-order valence-corrected chi connectivity index (χ2v) is 3.82. The standard InChI is InChI=1S/C8H4F3IN2O2/c9-8(10,11)16-7-4(1-2-13)6(15)5(12)3-14-7/h3H,1H2,(H,14,15). The second-order valence-electron chi connectivity index (χ2n) is 2.66. The molecule has 0 radical (unpaired) electrons. The fourth-order valence-electron chi connectivity index (χ4n) is 0.975. The first-order chi connectivity index (χ1) is 7.35. The molecule has 1 aromatic rings. The van der Waals surface area contributed by atoms with Gasteiger partial charge in [0.2, 0.25) is 11.3 Å². The number of rotatable bonds is 2. The Labute approximate surface area is 101 Å². The molecule has 1 aromatic heterocycles. The van der Waals surface area contributed by atoms with Crippen LogP contribution in [0.15, 0.2) is 11.0 Å². The number of nitrogens with zero attached hydrogens (tertiary/aromatic N) is 1. The molecule has 4 nitrogen and oxygen atoms in total. The van der Waals surface area contributed by atoms with Gasteiger partial charge < -0.3 is 9.72 Å². The zero-order valence-electron chi connectivity index (χ0n) is 7.56. The average molecular weight is 344 g/mol. The second kappa shape index (κ2) is 4.73. The van der Waals surface area contributed by atoms with Gasteiger partial charge >= 0.3 is 6.36 Å². The maximum absolute atomic E-state index is 12.0. The number of aromatic nitrogens is 1. The van der Waals surface area contributed by atoms with Crippen LogP contribution in [0.1, 0.15) is 5.56 Å². The molecule has 86 valence electrons. The SMILES string of the molecule is N#CCc1c(OC(F)(F)F)[nH]cc(I)c1=O. The van der Waals surface area contributed by atoms with Crippen LogP contribution in [-0.4, -0.2) is 11.3 Å². The van der Waals surface area contributed by atoms with Gasteiger partial charge in [0.05, 0.1) is 21.6 Å². The lowest BCUT2D eigenvalue weighted by atomic mass is 10.2. The minimum atomic E-state index is -4.90. The van der Waals surface area contributed by atoms with Crippen molar-refractivity contribution in [3.8, 4) is 11.9 Å². The van der Waals surface area contributed by atoms with Crippen molar-refractivity contribution in [3.63, 3.8) is 0 Å². The van der Waals surface area contributed by atoms with E-state index in [0.29, 0.717) is 0 Å². The fraction of sp³-hybridized carbons (Fsp3) is 0.250. The van der Waals surface area contributed by atoms with Crippen LogP contribution in [0.25, 0.3) is 0 Å². The van der Waals surface area contributed by atoms with Crippen LogP contribution in [0.3, 0.4) is 0 Å². The first-order valence-electron chi connectivity index (χ1n) is 3.88. The summed E-state index contributed by atoms with van der Waals surface area (Å²) in [6.45, 7) is 0. The van der Waals surface area contributed by atoms with Gasteiger partial charge in [0.1, 0.15) is 0 Å². The van der Waals surface area contributed by atoms with E-state index < -0.39 is 24.1 Å². The van der Waals surface area contributed by atoms with Crippen molar-refractivity contribution in [3.05, 3.63) is 25.6 Å². The highest BCUT2D eigenvalue weighted by molar-refractivity contribution is 14.1. The van der Waals surface area contributed by atoms with E-state index in [1.807, 2.05) is 0 Å². The van der Waals surface area contributed by atoms with Crippen molar-refractivity contribution in [2.75, 3.05) is 0 Å². The molecule has 0 unspecified atom stereocenters. The van der Waals surface area contributed by atoms with Crippen molar-refractivity contribution in [2.24, 2.45) is 0 Å². The zero-order valence-corrected chi connectivity index (χ0v) is 9.72. The minimum absolute atomic E-state index is 0.192. The number of alkyl halides is 3. The van der Waals surface area contributed by atoms with Crippen LogP contribution in [0, 0.1) is 14.9 Å². The smallest absolute Gasteiger partial charge is 0.389 e. The summed E-state index contributed by atoms with van der Waals surface area (Å²) in [7, 11) is 0. The molecule has 0 aliphatic heterocycles. The number of nitriles is 1. The Hall–Kier alpha value is -1.24. The van der Waals surface area contributed by atoms with Gasteiger partial charge in [0, 0.05) is 6.20 Å². The van der Waals surface area contributed by atoms with Crippen molar-refractivity contribution in [2.45, 2.75) is 12.8 Å². The lowest BCUT2D eigenvalue weighted by Gasteiger charge is -2.11. The summed E-state index contributed by atoms with van der Waals surface area (Å²) < 4.78 is 39.7. The molecule has 1 N–H and O–H groups in total. The molecule has 0 aliphatic rings. The summed E-state index contributed by atoms with van der Waals surface area (Å²) in [5.41, 5.74) is -0.966. The first kappa shape index (κ1) is 12.8. The lowest BCUT2D eigenvalue weighted by molar-refractivity contribution is -0.276. The molecule has 0 aliphatic carbocycles. The maximum atomic E-state index is 12.0. The van der Waals surface area contributed by atoms with Crippen molar-refractivity contribution < 1.29 is 17.9 Å². The molecule has 0 atom stereocenters. The minimum Gasteiger partial charge on any atom is -0.389 e. The van der Waals surface area contributed by atoms with Gasteiger partial charge in [-0.2, -0.15) is 5.26 Å². The lowest BCUT2D eigenvalue weighted by Crippen LogP contribution is -2.23. The Morgan fingerprint density at radius 3 is 2.69 bits per heavy atom. The van der Waals surface area contributed by atoms with Gasteiger partial charge in [0.15, 0.2) is 0 Å². The van der Waals surface area contributed by atoms with Crippen LogP contribution in [0.2, 0.25) is 0 Å². The molecule has 0 bridgehead atoms. The third-order valence-corrected chi connectivity index (χ3v) is 2.37. The van der Waals surface area contributed by atoms with Gasteiger partial charge in [0.25, 0.3) is 0 Å². The van der Waals surface area contributed by atoms with Gasteiger partial charge in [-0.1, -0.05) is 0 Å². The number of hydrogen-bond donors (Lipinski definition) is 1. The quantitative estimate of drug-likeness (QED) is 0.834. The van der Waals surface area contributed by atoms with Crippen molar-refractivity contribution in [1.82, 2.24) is 4.98 Å². The molecule has 0 aromatic carbocycles. The van der Waals surface area contributed by atoms with Gasteiger partial charge in [-0.25, -0.2) is 0 Å². The third kappa shape index (κ3) is 3.13. The normalized spacial score (nSPS) is 10.9. The molecule has 1 rings (SSSR count). The number of hydrogen-bond acceptors (Lipinski definition) is 3. The van der Waals surface area contributed by atoms with E-state index in [0.717, 1.165) is 6.20 Å². The highest BCUT2D eigenvalue weighted by atomic mass is 127. The average Bonchev–Trinajstić information content (AvgIpc) is 2.15. The Kier molecular flexibility index (Phi) is 3.79. The maximum Gasteiger partial charge on any atom is 0.574 e. The highest BCUT2D eigenvalue weighted by Gasteiger charge is 2.33. The van der Waals surface area contributed by atoms with Crippen LogP contribution >= 0.6 is 22.6 Å². The van der Waals surface area contributed by atoms with Crippen molar-refractivity contribution in [1.29, 1.82) is 5.26 Å². The van der Waals surface area contributed by atoms with E-state index in [2.05, 4.69) is 9.72 Å². The zero-order chi connectivity index (χ0) is 12.3. The largest absolute Gasteiger partial charge is 0.574 e. The molecular formula is C8H4F3IN2O2. The number of H-pyrrole nitrogens is 1. The van der Waals surface area contributed by atoms with Crippen LogP contribution in [-0.2, 0) is 6.42 Å². The molecule has 1 heterocycles. The summed E-state index contributed by atoms with van der Waals surface area (Å²) in [4.78, 5) is 13.6. The van der Waals surface area contributed by atoms with Gasteiger partial charge in [-0.05, 0) is 22.6 Å². The van der Waals surface area contributed by atoms with E-state index in [1.54, 1.807) is 28.7 Å². The number of pyridine rings is 1. The number of ether oxygens (including phenoxy) is 1. The Bertz CT molecular complexity index is 490. The van der Waals surface area contributed by atoms with Crippen LogP contribution in [0.4, 0.5) is 13.2 Å². The van der Waals surface area contributed by atoms with Crippen LogP contribution in [0.5, 0.6) is 5.88 Å². The highest BCUT2D eigenvalue weighted by Crippen LogP contribution is 2.23. The van der Waals surface area contributed by atoms with Crippen LogP contribution < -0.4 is 10.2 Å². The van der Waals surface area contributed by atoms with Gasteiger partial charge in [-0.3, -0.25) is 4.79 Å². The Morgan fingerprint density at radius 1 is 1.56 bits per heavy atom. The molecule has 0 fully saturated rings. The molecule has 0 saturated heterocycles. The Morgan fingerprint density at radius 2 is 2.19 bits per heavy atom. The van der Waals surface area contributed by atoms with Crippen molar-refractivity contribution >= 4 is 22.6 Å². The van der Waals surface area contributed by atoms with E-state index in [9.17, 15) is 18.0 Å². The van der Waals surface area contributed by atoms with E-state index >= 15 is 0 Å². The molecule has 0 spiro atoms. The summed E-state index contributed by atoms with van der Waals surface area (Å²) in [6, 6.07) is 1.61. The summed E-state index contributed by atoms with van der Waals surface area (Å²) in [5.74, 6) is -0.737. The summed E-state index contributed by atoms with van der Waals surface area (Å²) in [5, 5.41) is 8.42. The Balaban J connectivity index is 3.25.